The number of rotatable bonds is 8. The topological polar surface area (TPSA) is 64.6 Å². The van der Waals surface area contributed by atoms with Crippen molar-refractivity contribution in [2.45, 2.75) is 38.6 Å². The molecule has 2 rings (SSSR count). The van der Waals surface area contributed by atoms with Gasteiger partial charge in [0.15, 0.2) is 11.5 Å². The van der Waals surface area contributed by atoms with Crippen LogP contribution in [-0.2, 0) is 10.0 Å². The Labute approximate surface area is 150 Å². The molecule has 0 saturated heterocycles. The van der Waals surface area contributed by atoms with Gasteiger partial charge in [0.1, 0.15) is 0 Å². The molecule has 1 atom stereocenters. The van der Waals surface area contributed by atoms with Crippen LogP contribution in [0.1, 0.15) is 37.9 Å². The molecule has 0 aliphatic heterocycles. The second-order valence-electron chi connectivity index (χ2n) is 5.73. The van der Waals surface area contributed by atoms with E-state index in [0.717, 1.165) is 11.1 Å². The number of aryl methyl sites for hydroxylation is 1. The Kier molecular flexibility index (Phi) is 6.45. The van der Waals surface area contributed by atoms with Crippen molar-refractivity contribution in [3.8, 4) is 11.5 Å². The lowest BCUT2D eigenvalue weighted by atomic mass is 10.1. The number of hydrogen-bond donors (Lipinski definition) is 1. The van der Waals surface area contributed by atoms with E-state index in [-0.39, 0.29) is 4.90 Å². The van der Waals surface area contributed by atoms with Crippen molar-refractivity contribution in [1.82, 2.24) is 4.72 Å². The lowest BCUT2D eigenvalue weighted by molar-refractivity contribution is 0.287. The number of sulfonamides is 1. The zero-order chi connectivity index (χ0) is 18.4. The highest BCUT2D eigenvalue weighted by Crippen LogP contribution is 2.31. The molecule has 25 heavy (non-hydrogen) atoms. The monoisotopic (exact) mass is 363 g/mol. The van der Waals surface area contributed by atoms with Gasteiger partial charge in [-0.2, -0.15) is 0 Å². The van der Waals surface area contributed by atoms with Gasteiger partial charge in [0, 0.05) is 6.04 Å². The summed E-state index contributed by atoms with van der Waals surface area (Å²) in [5.74, 6) is 1.27. The molecule has 1 N–H and O–H groups in total. The second kappa shape index (κ2) is 8.36. The summed E-state index contributed by atoms with van der Waals surface area (Å²) in [6.07, 6.45) is 0. The highest BCUT2D eigenvalue weighted by molar-refractivity contribution is 7.89. The first-order chi connectivity index (χ1) is 11.9. The molecule has 2 aromatic carbocycles. The van der Waals surface area contributed by atoms with E-state index in [2.05, 4.69) is 4.72 Å². The molecule has 0 amide bonds. The second-order valence-corrected chi connectivity index (χ2v) is 7.44. The van der Waals surface area contributed by atoms with Crippen LogP contribution in [0.4, 0.5) is 0 Å². The van der Waals surface area contributed by atoms with Crippen molar-refractivity contribution in [3.63, 3.8) is 0 Å². The molecule has 0 heterocycles. The van der Waals surface area contributed by atoms with Gasteiger partial charge in [0.05, 0.1) is 18.1 Å². The Morgan fingerprint density at radius 3 is 2.16 bits per heavy atom. The highest BCUT2D eigenvalue weighted by atomic mass is 32.2. The van der Waals surface area contributed by atoms with Gasteiger partial charge < -0.3 is 9.47 Å². The first-order valence-electron chi connectivity index (χ1n) is 8.36. The van der Waals surface area contributed by atoms with E-state index in [9.17, 15) is 8.42 Å². The fourth-order valence-corrected chi connectivity index (χ4v) is 3.66. The van der Waals surface area contributed by atoms with Crippen LogP contribution in [0.3, 0.4) is 0 Å². The molecule has 0 unspecified atom stereocenters. The summed E-state index contributed by atoms with van der Waals surface area (Å²) in [6.45, 7) is 8.56. The summed E-state index contributed by atoms with van der Waals surface area (Å²) in [6, 6.07) is 11.8. The fraction of sp³-hybridized carbons (Fsp3) is 0.368. The zero-order valence-corrected chi connectivity index (χ0v) is 15.9. The van der Waals surface area contributed by atoms with Crippen molar-refractivity contribution < 1.29 is 17.9 Å². The van der Waals surface area contributed by atoms with Gasteiger partial charge >= 0.3 is 0 Å². The maximum Gasteiger partial charge on any atom is 0.241 e. The van der Waals surface area contributed by atoms with Crippen LogP contribution in [-0.4, -0.2) is 21.6 Å². The van der Waals surface area contributed by atoms with Crippen LogP contribution < -0.4 is 14.2 Å². The van der Waals surface area contributed by atoms with E-state index in [1.165, 1.54) is 0 Å². The van der Waals surface area contributed by atoms with Crippen molar-refractivity contribution in [1.29, 1.82) is 0 Å². The predicted molar refractivity (Wildman–Crippen MR) is 98.7 cm³/mol. The van der Waals surface area contributed by atoms with Gasteiger partial charge in [0.25, 0.3) is 0 Å². The van der Waals surface area contributed by atoms with E-state index >= 15 is 0 Å². The van der Waals surface area contributed by atoms with E-state index in [4.69, 9.17) is 9.47 Å². The SMILES string of the molecule is CCOc1ccc([C@@H](C)NS(=O)(=O)c2ccc(C)cc2)cc1OCC. The van der Waals surface area contributed by atoms with E-state index in [1.54, 1.807) is 37.3 Å². The number of benzene rings is 2. The minimum atomic E-state index is -3.59. The van der Waals surface area contributed by atoms with Gasteiger partial charge in [-0.15, -0.1) is 0 Å². The third kappa shape index (κ3) is 4.96. The molecule has 2 aromatic rings. The molecule has 6 heteroatoms. The molecule has 0 aromatic heterocycles. The Hall–Kier alpha value is -2.05. The quantitative estimate of drug-likeness (QED) is 0.774. The minimum absolute atomic E-state index is 0.251. The Morgan fingerprint density at radius 2 is 1.56 bits per heavy atom. The van der Waals surface area contributed by atoms with Crippen molar-refractivity contribution in [2.75, 3.05) is 13.2 Å². The molecule has 0 fully saturated rings. The van der Waals surface area contributed by atoms with Crippen LogP contribution in [0.5, 0.6) is 11.5 Å². The lowest BCUT2D eigenvalue weighted by Gasteiger charge is -2.17. The Bertz CT molecular complexity index is 801. The average Bonchev–Trinajstić information content (AvgIpc) is 2.57. The van der Waals surface area contributed by atoms with Crippen LogP contribution in [0.15, 0.2) is 47.4 Å². The van der Waals surface area contributed by atoms with Crippen molar-refractivity contribution >= 4 is 10.0 Å². The summed E-state index contributed by atoms with van der Waals surface area (Å²) in [7, 11) is -3.59. The third-order valence-electron chi connectivity index (χ3n) is 3.73. The van der Waals surface area contributed by atoms with Crippen LogP contribution in [0.2, 0.25) is 0 Å². The standard InChI is InChI=1S/C19H25NO4S/c1-5-23-18-12-9-16(13-19(18)24-6-2)15(4)20-25(21,22)17-10-7-14(3)8-11-17/h7-13,15,20H,5-6H2,1-4H3/t15-/m1/s1. The van der Waals surface area contributed by atoms with Gasteiger partial charge in [-0.3, -0.25) is 0 Å². The zero-order valence-electron chi connectivity index (χ0n) is 15.1. The lowest BCUT2D eigenvalue weighted by Crippen LogP contribution is -2.26. The normalized spacial score (nSPS) is 12.6. The molecule has 0 aliphatic rings. The van der Waals surface area contributed by atoms with E-state index in [1.807, 2.05) is 32.9 Å². The number of hydrogen-bond acceptors (Lipinski definition) is 4. The third-order valence-corrected chi connectivity index (χ3v) is 5.29. The van der Waals surface area contributed by atoms with Crippen LogP contribution in [0, 0.1) is 6.92 Å². The molecule has 136 valence electrons. The highest BCUT2D eigenvalue weighted by Gasteiger charge is 2.19. The fourth-order valence-electron chi connectivity index (χ4n) is 2.42. The summed E-state index contributed by atoms with van der Waals surface area (Å²) < 4.78 is 38.9. The van der Waals surface area contributed by atoms with Gasteiger partial charge in [-0.1, -0.05) is 23.8 Å². The van der Waals surface area contributed by atoms with Crippen molar-refractivity contribution in [2.24, 2.45) is 0 Å². The molecule has 0 saturated carbocycles. The van der Waals surface area contributed by atoms with E-state index in [0.29, 0.717) is 24.7 Å². The van der Waals surface area contributed by atoms with Gasteiger partial charge in [-0.05, 0) is 57.5 Å². The smallest absolute Gasteiger partial charge is 0.241 e. The van der Waals surface area contributed by atoms with Gasteiger partial charge in [0.2, 0.25) is 10.0 Å². The number of ether oxygens (including phenoxy) is 2. The molecule has 0 bridgehead atoms. The summed E-state index contributed by atoms with van der Waals surface area (Å²) in [5.41, 5.74) is 1.82. The van der Waals surface area contributed by atoms with Crippen LogP contribution in [0.25, 0.3) is 0 Å². The first-order valence-corrected chi connectivity index (χ1v) is 9.84. The summed E-state index contributed by atoms with van der Waals surface area (Å²) in [5, 5.41) is 0. The Morgan fingerprint density at radius 1 is 0.960 bits per heavy atom. The molecule has 0 radical (unpaired) electrons. The maximum atomic E-state index is 12.5. The molecular formula is C19H25NO4S. The molecule has 5 nitrogen and oxygen atoms in total. The maximum absolute atomic E-state index is 12.5. The summed E-state index contributed by atoms with van der Waals surface area (Å²) in [4.78, 5) is 0.251. The molecular weight excluding hydrogens is 338 g/mol. The average molecular weight is 363 g/mol. The van der Waals surface area contributed by atoms with Crippen LogP contribution >= 0.6 is 0 Å². The minimum Gasteiger partial charge on any atom is -0.490 e. The van der Waals surface area contributed by atoms with Gasteiger partial charge in [-0.25, -0.2) is 13.1 Å². The first kappa shape index (κ1) is 19.3. The summed E-state index contributed by atoms with van der Waals surface area (Å²) >= 11 is 0. The molecule has 0 aliphatic carbocycles. The molecule has 0 spiro atoms. The Balaban J connectivity index is 2.23. The van der Waals surface area contributed by atoms with Crippen molar-refractivity contribution in [3.05, 3.63) is 53.6 Å². The number of nitrogens with one attached hydrogen (secondary N) is 1. The largest absolute Gasteiger partial charge is 0.490 e. The van der Waals surface area contributed by atoms with E-state index < -0.39 is 16.1 Å². The predicted octanol–water partition coefficient (Wildman–Crippen LogP) is 3.83.